The van der Waals surface area contributed by atoms with Crippen LogP contribution in [0.25, 0.3) is 11.3 Å². The van der Waals surface area contributed by atoms with Crippen LogP contribution in [0, 0.1) is 11.6 Å². The molecule has 1 aromatic heterocycles. The molecule has 15 heavy (non-hydrogen) atoms. The van der Waals surface area contributed by atoms with Crippen LogP contribution in [0.5, 0.6) is 5.75 Å². The molecule has 1 heterocycles. The molecule has 0 saturated carbocycles. The second-order valence-corrected chi connectivity index (χ2v) is 3.00. The predicted octanol–water partition coefficient (Wildman–Crippen LogP) is 2.73. The normalized spacial score (nSPS) is 10.3. The average Bonchev–Trinajstić information content (AvgIpc) is 2.20. The van der Waals surface area contributed by atoms with Crippen molar-refractivity contribution in [1.29, 1.82) is 0 Å². The molecule has 0 atom stereocenters. The molecular weight excluding hydrogens is 200 g/mol. The summed E-state index contributed by atoms with van der Waals surface area (Å²) in [6, 6.07) is 6.65. The van der Waals surface area contributed by atoms with Gasteiger partial charge in [-0.25, -0.2) is 13.8 Å². The Morgan fingerprint density at radius 1 is 1.07 bits per heavy atom. The molecule has 0 unspecified atom stereocenters. The molecule has 0 amide bonds. The largest absolute Gasteiger partial charge is 0.506 e. The summed E-state index contributed by atoms with van der Waals surface area (Å²) in [7, 11) is 0. The van der Waals surface area contributed by atoms with E-state index in [9.17, 15) is 8.78 Å². The molecule has 0 aliphatic heterocycles. The van der Waals surface area contributed by atoms with E-state index in [-0.39, 0.29) is 17.0 Å². The number of pyridine rings is 1. The summed E-state index contributed by atoms with van der Waals surface area (Å²) in [4.78, 5) is 3.64. The van der Waals surface area contributed by atoms with Crippen molar-refractivity contribution in [3.8, 4) is 17.0 Å². The molecule has 2 rings (SSSR count). The lowest BCUT2D eigenvalue weighted by molar-refractivity contribution is 0.465. The third kappa shape index (κ3) is 1.79. The van der Waals surface area contributed by atoms with Gasteiger partial charge in [-0.2, -0.15) is 0 Å². The molecule has 0 saturated heterocycles. The molecule has 76 valence electrons. The lowest BCUT2D eigenvalue weighted by Crippen LogP contribution is -1.91. The Morgan fingerprint density at radius 3 is 2.47 bits per heavy atom. The van der Waals surface area contributed by atoms with Crippen LogP contribution in [0.15, 0.2) is 36.5 Å². The minimum atomic E-state index is -0.750. The molecule has 4 heteroatoms. The van der Waals surface area contributed by atoms with E-state index in [0.29, 0.717) is 0 Å². The molecule has 2 aromatic rings. The minimum Gasteiger partial charge on any atom is -0.506 e. The Kier molecular flexibility index (Phi) is 2.33. The van der Waals surface area contributed by atoms with Crippen LogP contribution in [0.3, 0.4) is 0 Å². The fourth-order valence-corrected chi connectivity index (χ4v) is 1.28. The van der Waals surface area contributed by atoms with Gasteiger partial charge in [-0.15, -0.1) is 0 Å². The fourth-order valence-electron chi connectivity index (χ4n) is 1.28. The van der Waals surface area contributed by atoms with Crippen molar-refractivity contribution in [3.05, 3.63) is 48.2 Å². The predicted molar refractivity (Wildman–Crippen MR) is 51.3 cm³/mol. The van der Waals surface area contributed by atoms with Crippen molar-refractivity contribution in [1.82, 2.24) is 4.98 Å². The van der Waals surface area contributed by atoms with Crippen molar-refractivity contribution in [2.75, 3.05) is 0 Å². The zero-order chi connectivity index (χ0) is 10.8. The van der Waals surface area contributed by atoms with E-state index >= 15 is 0 Å². The zero-order valence-electron chi connectivity index (χ0n) is 7.61. The standard InChI is InChI=1S/C11H7F2NO/c12-9-4-2-1-3-8(9)11-10(13)5-7(15)6-14-11/h1-6,15H. The van der Waals surface area contributed by atoms with Gasteiger partial charge in [-0.1, -0.05) is 12.1 Å². The van der Waals surface area contributed by atoms with Gasteiger partial charge in [0.25, 0.3) is 0 Å². The Bertz CT molecular complexity index is 500. The minimum absolute atomic E-state index is 0.0787. The lowest BCUT2D eigenvalue weighted by Gasteiger charge is -2.03. The van der Waals surface area contributed by atoms with Gasteiger partial charge in [0, 0.05) is 11.6 Å². The van der Waals surface area contributed by atoms with E-state index in [0.717, 1.165) is 12.3 Å². The van der Waals surface area contributed by atoms with Crippen LogP contribution in [-0.2, 0) is 0 Å². The van der Waals surface area contributed by atoms with E-state index in [4.69, 9.17) is 5.11 Å². The van der Waals surface area contributed by atoms with Gasteiger partial charge < -0.3 is 5.11 Å². The number of nitrogens with zero attached hydrogens (tertiary/aromatic N) is 1. The zero-order valence-corrected chi connectivity index (χ0v) is 7.61. The first-order chi connectivity index (χ1) is 7.18. The smallest absolute Gasteiger partial charge is 0.153 e. The molecule has 0 radical (unpaired) electrons. The molecular formula is C11H7F2NO. The maximum atomic E-state index is 13.3. The number of benzene rings is 1. The van der Waals surface area contributed by atoms with Crippen LogP contribution >= 0.6 is 0 Å². The number of halogens is 2. The molecule has 0 bridgehead atoms. The second-order valence-electron chi connectivity index (χ2n) is 3.00. The summed E-state index contributed by atoms with van der Waals surface area (Å²) in [5.74, 6) is -1.58. The summed E-state index contributed by atoms with van der Waals surface area (Å²) >= 11 is 0. The highest BCUT2D eigenvalue weighted by Gasteiger charge is 2.11. The summed E-state index contributed by atoms with van der Waals surface area (Å²) < 4.78 is 26.6. The summed E-state index contributed by atoms with van der Waals surface area (Å²) in [6.07, 6.45) is 1.07. The number of rotatable bonds is 1. The van der Waals surface area contributed by atoms with Crippen molar-refractivity contribution in [3.63, 3.8) is 0 Å². The van der Waals surface area contributed by atoms with Crippen LogP contribution in [0.2, 0.25) is 0 Å². The van der Waals surface area contributed by atoms with E-state index in [2.05, 4.69) is 4.98 Å². The van der Waals surface area contributed by atoms with Gasteiger partial charge in [-0.05, 0) is 12.1 Å². The SMILES string of the molecule is Oc1cnc(-c2ccccc2F)c(F)c1. The summed E-state index contributed by atoms with van der Waals surface area (Å²) in [5.41, 5.74) is -0.0269. The third-order valence-corrected chi connectivity index (χ3v) is 1.96. The molecule has 0 spiro atoms. The Labute approximate surface area is 84.8 Å². The highest BCUT2D eigenvalue weighted by molar-refractivity contribution is 5.60. The van der Waals surface area contributed by atoms with Crippen LogP contribution < -0.4 is 0 Å². The molecule has 1 aromatic carbocycles. The van der Waals surface area contributed by atoms with E-state index in [1.54, 1.807) is 6.07 Å². The number of aromatic nitrogens is 1. The second kappa shape index (κ2) is 3.65. The highest BCUT2D eigenvalue weighted by atomic mass is 19.1. The topological polar surface area (TPSA) is 33.1 Å². The summed E-state index contributed by atoms with van der Waals surface area (Å²) in [6.45, 7) is 0. The van der Waals surface area contributed by atoms with Gasteiger partial charge in [0.2, 0.25) is 0 Å². The first-order valence-corrected chi connectivity index (χ1v) is 4.28. The van der Waals surface area contributed by atoms with Crippen LogP contribution in [0.4, 0.5) is 8.78 Å². The van der Waals surface area contributed by atoms with E-state index in [1.807, 2.05) is 0 Å². The van der Waals surface area contributed by atoms with E-state index < -0.39 is 11.6 Å². The van der Waals surface area contributed by atoms with Gasteiger partial charge in [0.1, 0.15) is 17.3 Å². The molecule has 0 fully saturated rings. The monoisotopic (exact) mass is 207 g/mol. The number of hydrogen-bond acceptors (Lipinski definition) is 2. The van der Waals surface area contributed by atoms with Crippen molar-refractivity contribution in [2.45, 2.75) is 0 Å². The number of hydrogen-bond donors (Lipinski definition) is 1. The molecule has 2 nitrogen and oxygen atoms in total. The molecule has 0 aliphatic rings. The van der Waals surface area contributed by atoms with Crippen molar-refractivity contribution >= 4 is 0 Å². The quantitative estimate of drug-likeness (QED) is 0.779. The van der Waals surface area contributed by atoms with Gasteiger partial charge in [0.05, 0.1) is 6.20 Å². The summed E-state index contributed by atoms with van der Waals surface area (Å²) in [5, 5.41) is 8.96. The maximum Gasteiger partial charge on any atom is 0.153 e. The maximum absolute atomic E-state index is 13.3. The lowest BCUT2D eigenvalue weighted by atomic mass is 10.1. The van der Waals surface area contributed by atoms with E-state index in [1.165, 1.54) is 18.2 Å². The van der Waals surface area contributed by atoms with Gasteiger partial charge in [0.15, 0.2) is 5.82 Å². The van der Waals surface area contributed by atoms with Crippen LogP contribution in [0.1, 0.15) is 0 Å². The number of aromatic hydroxyl groups is 1. The first kappa shape index (κ1) is 9.58. The molecule has 1 N–H and O–H groups in total. The first-order valence-electron chi connectivity index (χ1n) is 4.28. The van der Waals surface area contributed by atoms with Crippen molar-refractivity contribution in [2.24, 2.45) is 0 Å². The highest BCUT2D eigenvalue weighted by Crippen LogP contribution is 2.24. The van der Waals surface area contributed by atoms with Gasteiger partial charge in [-0.3, -0.25) is 0 Å². The van der Waals surface area contributed by atoms with Gasteiger partial charge >= 0.3 is 0 Å². The fraction of sp³-hybridized carbons (Fsp3) is 0. The Hall–Kier alpha value is -1.97. The Balaban J connectivity index is 2.60. The molecule has 0 aliphatic carbocycles. The average molecular weight is 207 g/mol. The van der Waals surface area contributed by atoms with Crippen LogP contribution in [-0.4, -0.2) is 10.1 Å². The third-order valence-electron chi connectivity index (χ3n) is 1.96. The van der Waals surface area contributed by atoms with Crippen molar-refractivity contribution < 1.29 is 13.9 Å². The Morgan fingerprint density at radius 2 is 1.80 bits per heavy atom.